The SMILES string of the molecule is CCOc1ccc(C(O)c2ccc(C#N)cc2)cc1. The summed E-state index contributed by atoms with van der Waals surface area (Å²) in [6.45, 7) is 2.55. The molecule has 1 atom stereocenters. The van der Waals surface area contributed by atoms with E-state index in [9.17, 15) is 5.11 Å². The normalized spacial score (nSPS) is 11.6. The van der Waals surface area contributed by atoms with Crippen LogP contribution in [0.15, 0.2) is 48.5 Å². The Labute approximate surface area is 112 Å². The summed E-state index contributed by atoms with van der Waals surface area (Å²) in [5, 5.41) is 19.0. The number of ether oxygens (including phenoxy) is 1. The average molecular weight is 253 g/mol. The molecule has 2 aromatic carbocycles. The smallest absolute Gasteiger partial charge is 0.119 e. The Balaban J connectivity index is 2.18. The van der Waals surface area contributed by atoms with Gasteiger partial charge in [0, 0.05) is 0 Å². The van der Waals surface area contributed by atoms with Gasteiger partial charge in [0.05, 0.1) is 18.2 Å². The van der Waals surface area contributed by atoms with Crippen molar-refractivity contribution in [1.29, 1.82) is 5.26 Å². The summed E-state index contributed by atoms with van der Waals surface area (Å²) < 4.78 is 5.36. The number of benzene rings is 2. The van der Waals surface area contributed by atoms with Gasteiger partial charge in [0.25, 0.3) is 0 Å². The Hall–Kier alpha value is -2.31. The van der Waals surface area contributed by atoms with Crippen LogP contribution in [0.25, 0.3) is 0 Å². The van der Waals surface area contributed by atoms with E-state index in [4.69, 9.17) is 10.00 Å². The summed E-state index contributed by atoms with van der Waals surface area (Å²) in [6, 6.07) is 16.3. The average Bonchev–Trinajstić information content (AvgIpc) is 2.48. The number of aliphatic hydroxyl groups is 1. The number of aliphatic hydroxyl groups excluding tert-OH is 1. The maximum atomic E-state index is 10.3. The zero-order chi connectivity index (χ0) is 13.7. The van der Waals surface area contributed by atoms with Gasteiger partial charge in [-0.3, -0.25) is 0 Å². The third-order valence-electron chi connectivity index (χ3n) is 2.86. The van der Waals surface area contributed by atoms with Crippen molar-refractivity contribution in [2.75, 3.05) is 6.61 Å². The van der Waals surface area contributed by atoms with Crippen molar-refractivity contribution in [2.24, 2.45) is 0 Å². The lowest BCUT2D eigenvalue weighted by Crippen LogP contribution is -2.00. The zero-order valence-electron chi connectivity index (χ0n) is 10.7. The van der Waals surface area contributed by atoms with E-state index in [1.54, 1.807) is 24.3 Å². The highest BCUT2D eigenvalue weighted by molar-refractivity contribution is 5.37. The number of rotatable bonds is 4. The van der Waals surface area contributed by atoms with Crippen molar-refractivity contribution < 1.29 is 9.84 Å². The van der Waals surface area contributed by atoms with Crippen molar-refractivity contribution in [3.63, 3.8) is 0 Å². The largest absolute Gasteiger partial charge is 0.494 e. The van der Waals surface area contributed by atoms with Gasteiger partial charge in [-0.25, -0.2) is 0 Å². The predicted octanol–water partition coefficient (Wildman–Crippen LogP) is 3.04. The molecule has 0 aromatic heterocycles. The minimum Gasteiger partial charge on any atom is -0.494 e. The Kier molecular flexibility index (Phi) is 4.17. The molecule has 0 radical (unpaired) electrons. The van der Waals surface area contributed by atoms with Crippen LogP contribution in [0.5, 0.6) is 5.75 Å². The molecule has 2 aromatic rings. The summed E-state index contributed by atoms with van der Waals surface area (Å²) in [5.74, 6) is 0.790. The van der Waals surface area contributed by atoms with Crippen LogP contribution >= 0.6 is 0 Å². The molecule has 1 N–H and O–H groups in total. The first kappa shape index (κ1) is 13.1. The molecule has 0 heterocycles. The van der Waals surface area contributed by atoms with Crippen molar-refractivity contribution in [2.45, 2.75) is 13.0 Å². The second kappa shape index (κ2) is 6.03. The second-order valence-electron chi connectivity index (χ2n) is 4.14. The van der Waals surface area contributed by atoms with E-state index >= 15 is 0 Å². The Morgan fingerprint density at radius 2 is 1.58 bits per heavy atom. The molecule has 0 bridgehead atoms. The lowest BCUT2D eigenvalue weighted by molar-refractivity contribution is 0.220. The van der Waals surface area contributed by atoms with Crippen LogP contribution < -0.4 is 4.74 Å². The Morgan fingerprint density at radius 1 is 1.05 bits per heavy atom. The molecule has 0 saturated heterocycles. The van der Waals surface area contributed by atoms with Gasteiger partial charge in [0.1, 0.15) is 11.9 Å². The number of hydrogen-bond acceptors (Lipinski definition) is 3. The van der Waals surface area contributed by atoms with Crippen LogP contribution in [0.4, 0.5) is 0 Å². The van der Waals surface area contributed by atoms with Crippen LogP contribution in [-0.2, 0) is 0 Å². The zero-order valence-corrected chi connectivity index (χ0v) is 10.7. The molecule has 2 rings (SSSR count). The predicted molar refractivity (Wildman–Crippen MR) is 72.8 cm³/mol. The Morgan fingerprint density at radius 3 is 2.05 bits per heavy atom. The van der Waals surface area contributed by atoms with Gasteiger partial charge in [0.2, 0.25) is 0 Å². The van der Waals surface area contributed by atoms with E-state index in [-0.39, 0.29) is 0 Å². The molecule has 0 aliphatic heterocycles. The van der Waals surface area contributed by atoms with Gasteiger partial charge in [0.15, 0.2) is 0 Å². The number of hydrogen-bond donors (Lipinski definition) is 1. The highest BCUT2D eigenvalue weighted by atomic mass is 16.5. The van der Waals surface area contributed by atoms with Crippen molar-refractivity contribution in [3.05, 3.63) is 65.2 Å². The molecule has 0 fully saturated rings. The number of nitrogens with zero attached hydrogens (tertiary/aromatic N) is 1. The number of nitriles is 1. The van der Waals surface area contributed by atoms with Crippen LogP contribution in [0.3, 0.4) is 0 Å². The van der Waals surface area contributed by atoms with Gasteiger partial charge in [-0.05, 0) is 42.3 Å². The van der Waals surface area contributed by atoms with E-state index in [1.807, 2.05) is 31.2 Å². The highest BCUT2D eigenvalue weighted by Crippen LogP contribution is 2.24. The molecule has 0 spiro atoms. The maximum Gasteiger partial charge on any atom is 0.119 e. The van der Waals surface area contributed by atoms with Crippen LogP contribution in [0.2, 0.25) is 0 Å². The fourth-order valence-electron chi connectivity index (χ4n) is 1.85. The minimum atomic E-state index is -0.691. The van der Waals surface area contributed by atoms with Crippen molar-refractivity contribution in [1.82, 2.24) is 0 Å². The first-order valence-electron chi connectivity index (χ1n) is 6.15. The van der Waals surface area contributed by atoms with E-state index in [0.717, 1.165) is 16.9 Å². The van der Waals surface area contributed by atoms with Gasteiger partial charge >= 0.3 is 0 Å². The summed E-state index contributed by atoms with van der Waals surface area (Å²) in [5.41, 5.74) is 2.15. The highest BCUT2D eigenvalue weighted by Gasteiger charge is 2.10. The Bertz CT molecular complexity index is 567. The third kappa shape index (κ3) is 3.12. The second-order valence-corrected chi connectivity index (χ2v) is 4.14. The molecule has 96 valence electrons. The van der Waals surface area contributed by atoms with Crippen molar-refractivity contribution >= 4 is 0 Å². The molecule has 0 aliphatic rings. The summed E-state index contributed by atoms with van der Waals surface area (Å²) >= 11 is 0. The minimum absolute atomic E-state index is 0.586. The van der Waals surface area contributed by atoms with E-state index in [2.05, 4.69) is 6.07 Å². The molecule has 3 heteroatoms. The molecule has 1 unspecified atom stereocenters. The van der Waals surface area contributed by atoms with E-state index in [0.29, 0.717) is 12.2 Å². The van der Waals surface area contributed by atoms with E-state index < -0.39 is 6.10 Å². The first-order chi connectivity index (χ1) is 9.24. The summed E-state index contributed by atoms with van der Waals surface area (Å²) in [6.07, 6.45) is -0.691. The van der Waals surface area contributed by atoms with Crippen LogP contribution in [0, 0.1) is 11.3 Å². The van der Waals surface area contributed by atoms with Crippen molar-refractivity contribution in [3.8, 4) is 11.8 Å². The van der Waals surface area contributed by atoms with Gasteiger partial charge in [-0.15, -0.1) is 0 Å². The third-order valence-corrected chi connectivity index (χ3v) is 2.86. The molecular weight excluding hydrogens is 238 g/mol. The molecule has 0 aliphatic carbocycles. The van der Waals surface area contributed by atoms with Crippen LogP contribution in [-0.4, -0.2) is 11.7 Å². The molecule has 0 saturated carbocycles. The van der Waals surface area contributed by atoms with Gasteiger partial charge in [-0.2, -0.15) is 5.26 Å². The fraction of sp³-hybridized carbons (Fsp3) is 0.188. The molecule has 3 nitrogen and oxygen atoms in total. The fourth-order valence-corrected chi connectivity index (χ4v) is 1.85. The summed E-state index contributed by atoms with van der Waals surface area (Å²) in [7, 11) is 0. The molecular formula is C16H15NO2. The lowest BCUT2D eigenvalue weighted by Gasteiger charge is -2.12. The van der Waals surface area contributed by atoms with Gasteiger partial charge < -0.3 is 9.84 Å². The first-order valence-corrected chi connectivity index (χ1v) is 6.15. The summed E-state index contributed by atoms with van der Waals surface area (Å²) in [4.78, 5) is 0. The lowest BCUT2D eigenvalue weighted by atomic mass is 10.0. The molecule has 0 amide bonds. The van der Waals surface area contributed by atoms with E-state index in [1.165, 1.54) is 0 Å². The maximum absolute atomic E-state index is 10.3. The molecule has 19 heavy (non-hydrogen) atoms. The standard InChI is InChI=1S/C16H15NO2/c1-2-19-15-9-7-14(8-10-15)16(18)13-5-3-12(11-17)4-6-13/h3-10,16,18H,2H2,1H3. The van der Waals surface area contributed by atoms with Crippen LogP contribution in [0.1, 0.15) is 29.7 Å². The monoisotopic (exact) mass is 253 g/mol. The quantitative estimate of drug-likeness (QED) is 0.911. The topological polar surface area (TPSA) is 53.2 Å². The van der Waals surface area contributed by atoms with Gasteiger partial charge in [-0.1, -0.05) is 24.3 Å².